The summed E-state index contributed by atoms with van der Waals surface area (Å²) in [4.78, 5) is 16.9. The summed E-state index contributed by atoms with van der Waals surface area (Å²) >= 11 is 0. The molecule has 2 saturated heterocycles. The number of carbonyl (C=O) groups is 1. The van der Waals surface area contributed by atoms with Gasteiger partial charge in [0.1, 0.15) is 0 Å². The SMILES string of the molecule is O=C([C@H]1CCCN(c2nnc3ccccn23)C1)N1CCOCC1. The third-order valence-electron chi connectivity index (χ3n) is 4.67. The van der Waals surface area contributed by atoms with Crippen LogP contribution in [0.25, 0.3) is 5.65 Å². The Labute approximate surface area is 134 Å². The maximum atomic E-state index is 12.7. The lowest BCUT2D eigenvalue weighted by Gasteiger charge is -2.36. The van der Waals surface area contributed by atoms with Gasteiger partial charge in [-0.2, -0.15) is 0 Å². The second-order valence-corrected chi connectivity index (χ2v) is 6.15. The minimum absolute atomic E-state index is 0.0397. The molecule has 0 spiro atoms. The first-order valence-corrected chi connectivity index (χ1v) is 8.24. The largest absolute Gasteiger partial charge is 0.378 e. The molecule has 1 amide bonds. The van der Waals surface area contributed by atoms with Gasteiger partial charge in [-0.3, -0.25) is 9.20 Å². The second-order valence-electron chi connectivity index (χ2n) is 6.15. The summed E-state index contributed by atoms with van der Waals surface area (Å²) in [6.45, 7) is 4.36. The number of pyridine rings is 1. The maximum Gasteiger partial charge on any atom is 0.231 e. The van der Waals surface area contributed by atoms with Crippen molar-refractivity contribution in [2.24, 2.45) is 5.92 Å². The van der Waals surface area contributed by atoms with E-state index in [1.54, 1.807) is 0 Å². The van der Waals surface area contributed by atoms with Crippen molar-refractivity contribution in [2.45, 2.75) is 12.8 Å². The van der Waals surface area contributed by atoms with Crippen LogP contribution >= 0.6 is 0 Å². The predicted molar refractivity (Wildman–Crippen MR) is 85.3 cm³/mol. The van der Waals surface area contributed by atoms with E-state index in [2.05, 4.69) is 15.1 Å². The lowest BCUT2D eigenvalue weighted by Crippen LogP contribution is -2.48. The van der Waals surface area contributed by atoms with E-state index in [0.717, 1.165) is 31.0 Å². The van der Waals surface area contributed by atoms with Crippen LogP contribution in [0.1, 0.15) is 12.8 Å². The van der Waals surface area contributed by atoms with Crippen molar-refractivity contribution in [2.75, 3.05) is 44.3 Å². The highest BCUT2D eigenvalue weighted by atomic mass is 16.5. The minimum Gasteiger partial charge on any atom is -0.378 e. The Hall–Kier alpha value is -2.15. The number of ether oxygens (including phenoxy) is 1. The van der Waals surface area contributed by atoms with Gasteiger partial charge >= 0.3 is 0 Å². The summed E-state index contributed by atoms with van der Waals surface area (Å²) in [6, 6.07) is 5.87. The summed E-state index contributed by atoms with van der Waals surface area (Å²) in [5.74, 6) is 1.13. The first kappa shape index (κ1) is 14.4. The Morgan fingerprint density at radius 1 is 1.17 bits per heavy atom. The van der Waals surface area contributed by atoms with Gasteiger partial charge in [0.15, 0.2) is 5.65 Å². The smallest absolute Gasteiger partial charge is 0.231 e. The van der Waals surface area contributed by atoms with Crippen molar-refractivity contribution in [3.05, 3.63) is 24.4 Å². The summed E-state index contributed by atoms with van der Waals surface area (Å²) < 4.78 is 7.33. The molecule has 0 bridgehead atoms. The third-order valence-corrected chi connectivity index (χ3v) is 4.67. The fourth-order valence-corrected chi connectivity index (χ4v) is 3.45. The maximum absolute atomic E-state index is 12.7. The van der Waals surface area contributed by atoms with Gasteiger partial charge in [-0.1, -0.05) is 6.07 Å². The van der Waals surface area contributed by atoms with E-state index in [4.69, 9.17) is 4.74 Å². The number of hydrogen-bond acceptors (Lipinski definition) is 5. The number of morpholine rings is 1. The van der Waals surface area contributed by atoms with Gasteiger partial charge in [-0.15, -0.1) is 10.2 Å². The number of piperidine rings is 1. The zero-order valence-electron chi connectivity index (χ0n) is 13.1. The molecule has 0 N–H and O–H groups in total. The van der Waals surface area contributed by atoms with E-state index in [1.165, 1.54) is 0 Å². The molecule has 2 fully saturated rings. The first-order chi connectivity index (χ1) is 11.3. The number of carbonyl (C=O) groups excluding carboxylic acids is 1. The van der Waals surface area contributed by atoms with Crippen LogP contribution in [-0.4, -0.2) is 64.8 Å². The molecule has 2 aromatic heterocycles. The molecule has 0 aliphatic carbocycles. The Bertz CT molecular complexity index is 695. The normalized spacial score (nSPS) is 22.5. The standard InChI is InChI=1S/C16H21N5O2/c22-15(19-8-10-23-11-9-19)13-4-3-6-20(12-13)16-18-17-14-5-1-2-7-21(14)16/h1-2,5,7,13H,3-4,6,8-12H2/t13-/m0/s1. The number of hydrogen-bond donors (Lipinski definition) is 0. The van der Waals surface area contributed by atoms with Crippen molar-refractivity contribution >= 4 is 17.5 Å². The average Bonchev–Trinajstić information content (AvgIpc) is 3.06. The number of fused-ring (bicyclic) bond motifs is 1. The Kier molecular flexibility index (Phi) is 3.87. The molecular weight excluding hydrogens is 294 g/mol. The molecule has 7 heteroatoms. The molecule has 7 nitrogen and oxygen atoms in total. The van der Waals surface area contributed by atoms with Crippen molar-refractivity contribution in [1.82, 2.24) is 19.5 Å². The average molecular weight is 315 g/mol. The number of nitrogens with zero attached hydrogens (tertiary/aromatic N) is 5. The molecule has 0 radical (unpaired) electrons. The summed E-state index contributed by atoms with van der Waals surface area (Å²) in [5.41, 5.74) is 0.837. The molecular formula is C16H21N5O2. The fourth-order valence-electron chi connectivity index (χ4n) is 3.45. The van der Waals surface area contributed by atoms with E-state index in [9.17, 15) is 4.79 Å². The highest BCUT2D eigenvalue weighted by Crippen LogP contribution is 2.24. The molecule has 4 rings (SSSR count). The molecule has 4 heterocycles. The van der Waals surface area contributed by atoms with Crippen molar-refractivity contribution < 1.29 is 9.53 Å². The van der Waals surface area contributed by atoms with Gasteiger partial charge in [-0.05, 0) is 25.0 Å². The van der Waals surface area contributed by atoms with Crippen LogP contribution in [0.5, 0.6) is 0 Å². The molecule has 0 saturated carbocycles. The Morgan fingerprint density at radius 2 is 2.04 bits per heavy atom. The predicted octanol–water partition coefficient (Wildman–Crippen LogP) is 0.804. The number of rotatable bonds is 2. The second kappa shape index (κ2) is 6.16. The van der Waals surface area contributed by atoms with Crippen LogP contribution in [0.15, 0.2) is 24.4 Å². The highest BCUT2D eigenvalue weighted by Gasteiger charge is 2.31. The Balaban J connectivity index is 1.51. The van der Waals surface area contributed by atoms with Gasteiger partial charge in [0.2, 0.25) is 11.9 Å². The van der Waals surface area contributed by atoms with E-state index < -0.39 is 0 Å². The number of aromatic nitrogens is 3. The van der Waals surface area contributed by atoms with E-state index in [1.807, 2.05) is 33.7 Å². The topological polar surface area (TPSA) is 63.0 Å². The highest BCUT2D eigenvalue weighted by molar-refractivity contribution is 5.79. The number of amides is 1. The van der Waals surface area contributed by atoms with Gasteiger partial charge in [0.05, 0.1) is 19.1 Å². The minimum atomic E-state index is 0.0397. The molecule has 23 heavy (non-hydrogen) atoms. The van der Waals surface area contributed by atoms with Crippen molar-refractivity contribution in [3.8, 4) is 0 Å². The van der Waals surface area contributed by atoms with Crippen LogP contribution in [0.2, 0.25) is 0 Å². The first-order valence-electron chi connectivity index (χ1n) is 8.24. The fraction of sp³-hybridized carbons (Fsp3) is 0.562. The van der Waals surface area contributed by atoms with Gasteiger partial charge in [0, 0.05) is 32.4 Å². The van der Waals surface area contributed by atoms with Crippen molar-refractivity contribution in [1.29, 1.82) is 0 Å². The van der Waals surface area contributed by atoms with Crippen LogP contribution in [0.3, 0.4) is 0 Å². The third kappa shape index (κ3) is 2.76. The summed E-state index contributed by atoms with van der Waals surface area (Å²) in [5, 5.41) is 8.53. The zero-order valence-corrected chi connectivity index (χ0v) is 13.1. The molecule has 2 aliphatic heterocycles. The van der Waals surface area contributed by atoms with E-state index in [0.29, 0.717) is 32.8 Å². The van der Waals surface area contributed by atoms with Gasteiger partial charge < -0.3 is 14.5 Å². The summed E-state index contributed by atoms with van der Waals surface area (Å²) in [6.07, 6.45) is 3.92. The lowest BCUT2D eigenvalue weighted by molar-refractivity contribution is -0.139. The molecule has 0 unspecified atom stereocenters. The van der Waals surface area contributed by atoms with Crippen LogP contribution in [0.4, 0.5) is 5.95 Å². The number of anilines is 1. The van der Waals surface area contributed by atoms with Gasteiger partial charge in [0.25, 0.3) is 0 Å². The molecule has 122 valence electrons. The van der Waals surface area contributed by atoms with Crippen LogP contribution in [0, 0.1) is 5.92 Å². The summed E-state index contributed by atoms with van der Waals surface area (Å²) in [7, 11) is 0. The van der Waals surface area contributed by atoms with E-state index >= 15 is 0 Å². The monoisotopic (exact) mass is 315 g/mol. The quantitative estimate of drug-likeness (QED) is 0.820. The van der Waals surface area contributed by atoms with E-state index in [-0.39, 0.29) is 11.8 Å². The lowest BCUT2D eigenvalue weighted by atomic mass is 9.96. The zero-order chi connectivity index (χ0) is 15.6. The molecule has 2 aliphatic rings. The van der Waals surface area contributed by atoms with Gasteiger partial charge in [-0.25, -0.2) is 0 Å². The van der Waals surface area contributed by atoms with Crippen molar-refractivity contribution in [3.63, 3.8) is 0 Å². The van der Waals surface area contributed by atoms with Crippen LogP contribution < -0.4 is 4.90 Å². The molecule has 2 aromatic rings. The molecule has 1 atom stereocenters. The van der Waals surface area contributed by atoms with Crippen LogP contribution in [-0.2, 0) is 9.53 Å². The Morgan fingerprint density at radius 3 is 2.91 bits per heavy atom. The molecule has 0 aromatic carbocycles.